The van der Waals surface area contributed by atoms with Gasteiger partial charge in [-0.15, -0.1) is 0 Å². The molecular weight excluding hydrogens is 673 g/mol. The van der Waals surface area contributed by atoms with Crippen molar-refractivity contribution in [2.24, 2.45) is 0 Å². The van der Waals surface area contributed by atoms with Crippen molar-refractivity contribution >= 4 is 43.7 Å². The molecule has 0 aliphatic rings. The molecular formula is C33H23F6N7S2+2. The van der Waals surface area contributed by atoms with Crippen LogP contribution in [0.25, 0.3) is 22.5 Å². The lowest BCUT2D eigenvalue weighted by Crippen LogP contribution is -2.39. The number of rotatable bonds is 6. The average molecular weight is 696 g/mol. The Hall–Kier alpha value is -5.15. The molecule has 7 nitrogen and oxygen atoms in total. The number of nitrogens with one attached hydrogen (secondary N) is 2. The van der Waals surface area contributed by atoms with Gasteiger partial charge in [0.2, 0.25) is 0 Å². The van der Waals surface area contributed by atoms with Gasteiger partial charge >= 0.3 is 12.4 Å². The molecule has 48 heavy (non-hydrogen) atoms. The van der Waals surface area contributed by atoms with Gasteiger partial charge in [0.1, 0.15) is 21.5 Å². The Balaban J connectivity index is 1.26. The van der Waals surface area contributed by atoms with Gasteiger partial charge in [0.05, 0.1) is 33.9 Å². The summed E-state index contributed by atoms with van der Waals surface area (Å²) >= 11 is 1.67. The molecule has 0 unspecified atom stereocenters. The lowest BCUT2D eigenvalue weighted by Gasteiger charge is -2.09. The van der Waals surface area contributed by atoms with Crippen LogP contribution in [0.1, 0.15) is 33.9 Å². The molecule has 3 heterocycles. The minimum atomic E-state index is -4.51. The molecule has 3 aromatic heterocycles. The minimum absolute atomic E-state index is 0.0779. The highest BCUT2D eigenvalue weighted by molar-refractivity contribution is 8.27. The second-order valence-electron chi connectivity index (χ2n) is 9.97. The number of hydrogen-bond acceptors (Lipinski definition) is 7. The highest BCUT2D eigenvalue weighted by Crippen LogP contribution is 2.33. The van der Waals surface area contributed by atoms with Crippen molar-refractivity contribution < 1.29 is 37.2 Å². The summed E-state index contributed by atoms with van der Waals surface area (Å²) in [5.41, 5.74) is 0.278. The van der Waals surface area contributed by atoms with E-state index in [1.165, 1.54) is 24.3 Å². The van der Waals surface area contributed by atoms with E-state index in [1.807, 2.05) is 0 Å². The van der Waals surface area contributed by atoms with Crippen LogP contribution in [0.2, 0.25) is 0 Å². The first-order valence-electron chi connectivity index (χ1n) is 13.7. The molecule has 0 spiro atoms. The molecule has 5 rings (SSSR count). The van der Waals surface area contributed by atoms with Crippen LogP contribution in [0, 0.1) is 10.8 Å². The van der Waals surface area contributed by atoms with Gasteiger partial charge in [-0.1, -0.05) is 42.5 Å². The van der Waals surface area contributed by atoms with E-state index in [2.05, 4.69) is 15.0 Å². The van der Waals surface area contributed by atoms with E-state index in [0.29, 0.717) is 0 Å². The molecule has 5 aromatic rings. The second-order valence-corrected chi connectivity index (χ2v) is 12.1. The van der Waals surface area contributed by atoms with Gasteiger partial charge in [-0.2, -0.15) is 26.3 Å². The Morgan fingerprint density at radius 3 is 1.25 bits per heavy atom. The lowest BCUT2D eigenvalue weighted by atomic mass is 10.1. The normalized spacial score (nSPS) is 11.6. The van der Waals surface area contributed by atoms with Crippen molar-refractivity contribution in [3.05, 3.63) is 137 Å². The number of nitrogens with two attached hydrogens (primary N) is 2. The minimum Gasteiger partial charge on any atom is -0.292 e. The van der Waals surface area contributed by atoms with Gasteiger partial charge in [0, 0.05) is 34.7 Å². The summed E-state index contributed by atoms with van der Waals surface area (Å²) in [6.07, 6.45) is -9.02. The van der Waals surface area contributed by atoms with Crippen molar-refractivity contribution in [1.82, 2.24) is 15.0 Å². The number of nitrogens with zero attached hydrogens (tertiary/aromatic N) is 3. The molecule has 0 amide bonds. The number of pyridine rings is 3. The maximum Gasteiger partial charge on any atom is 0.416 e. The summed E-state index contributed by atoms with van der Waals surface area (Å²) in [6, 6.07) is 23.6. The molecule has 0 saturated heterocycles. The van der Waals surface area contributed by atoms with Gasteiger partial charge in [0.25, 0.3) is 10.1 Å². The second kappa shape index (κ2) is 13.9. The van der Waals surface area contributed by atoms with E-state index in [1.54, 1.807) is 54.6 Å². The molecule has 0 radical (unpaired) electrons. The standard InChI is InChI=1S/C33H21F6N7S2/c34-32(35,36)20-8-1-6-18(16-20)22-10-3-12-24(44-22)28(40)47-30(42)26-14-5-15-27(46-26)31(43)48-29(41)25-13-4-11-23(45-25)19-7-2-9-21(17-19)33(37,38)39/h1-17,40-43H/p+2. The molecule has 0 atom stereocenters. The maximum absolute atomic E-state index is 13.2. The van der Waals surface area contributed by atoms with Gasteiger partial charge in [-0.25, -0.2) is 25.8 Å². The van der Waals surface area contributed by atoms with Crippen LogP contribution in [0.5, 0.6) is 0 Å². The Bertz CT molecular complexity index is 1920. The zero-order valence-electron chi connectivity index (χ0n) is 24.4. The maximum atomic E-state index is 13.2. The smallest absolute Gasteiger partial charge is 0.292 e. The summed E-state index contributed by atoms with van der Waals surface area (Å²) in [4.78, 5) is 13.1. The molecule has 0 bridgehead atoms. The van der Waals surface area contributed by atoms with Gasteiger partial charge in [-0.3, -0.25) is 10.8 Å². The highest BCUT2D eigenvalue weighted by atomic mass is 32.2. The Kier molecular flexibility index (Phi) is 9.91. The molecule has 0 saturated carbocycles. The number of halogens is 6. The summed E-state index contributed by atoms with van der Waals surface area (Å²) in [5, 5.41) is 29.6. The third kappa shape index (κ3) is 8.22. The first kappa shape index (κ1) is 34.2. The highest BCUT2D eigenvalue weighted by Gasteiger charge is 2.31. The Morgan fingerprint density at radius 1 is 0.500 bits per heavy atom. The van der Waals surface area contributed by atoms with Crippen LogP contribution in [-0.2, 0) is 12.4 Å². The van der Waals surface area contributed by atoms with Gasteiger partial charge in [0.15, 0.2) is 0 Å². The zero-order valence-corrected chi connectivity index (χ0v) is 26.0. The topological polar surface area (TPSA) is 138 Å². The van der Waals surface area contributed by atoms with E-state index < -0.39 is 23.5 Å². The van der Waals surface area contributed by atoms with Gasteiger partial charge < -0.3 is 0 Å². The van der Waals surface area contributed by atoms with Crippen LogP contribution in [0.4, 0.5) is 26.3 Å². The SMILES string of the molecule is N=C(SC(=[NH2+])c1cccc(-c2cccc(C(F)(F)F)c2)n1)c1cccc(C(=N)SC(=[NH2+])c2cccc(-c3cccc(C(F)(F)F)c3)n2)n1. The fraction of sp³-hybridized carbons (Fsp3) is 0.0606. The van der Waals surface area contributed by atoms with Crippen LogP contribution in [0.3, 0.4) is 0 Å². The predicted molar refractivity (Wildman–Crippen MR) is 174 cm³/mol. The zero-order chi connectivity index (χ0) is 34.6. The third-order valence-electron chi connectivity index (χ3n) is 6.61. The number of alkyl halides is 6. The van der Waals surface area contributed by atoms with E-state index in [9.17, 15) is 26.3 Å². The largest absolute Gasteiger partial charge is 0.416 e. The van der Waals surface area contributed by atoms with Crippen molar-refractivity contribution in [2.75, 3.05) is 0 Å². The molecule has 2 aromatic carbocycles. The fourth-order valence-corrected chi connectivity index (χ4v) is 5.60. The molecule has 6 N–H and O–H groups in total. The van der Waals surface area contributed by atoms with E-state index in [0.717, 1.165) is 47.8 Å². The lowest BCUT2D eigenvalue weighted by molar-refractivity contribution is -0.138. The van der Waals surface area contributed by atoms with Crippen LogP contribution in [0.15, 0.2) is 103 Å². The number of aromatic nitrogens is 3. The van der Waals surface area contributed by atoms with Crippen molar-refractivity contribution in [2.45, 2.75) is 12.4 Å². The summed E-state index contributed by atoms with van der Waals surface area (Å²) in [7, 11) is 0. The number of hydrogen-bond donors (Lipinski definition) is 4. The molecule has 0 fully saturated rings. The number of benzene rings is 2. The van der Waals surface area contributed by atoms with E-state index in [4.69, 9.17) is 21.6 Å². The molecule has 15 heteroatoms. The first-order valence-corrected chi connectivity index (χ1v) is 15.4. The summed E-state index contributed by atoms with van der Waals surface area (Å²) in [6.45, 7) is 0. The Labute approximate surface area is 277 Å². The monoisotopic (exact) mass is 695 g/mol. The average Bonchev–Trinajstić information content (AvgIpc) is 3.07. The van der Waals surface area contributed by atoms with Crippen molar-refractivity contribution in [3.8, 4) is 22.5 Å². The summed E-state index contributed by atoms with van der Waals surface area (Å²) < 4.78 is 79.2. The molecule has 0 aliphatic heterocycles. The van der Waals surface area contributed by atoms with Crippen LogP contribution in [-0.4, -0.2) is 35.1 Å². The van der Waals surface area contributed by atoms with Crippen molar-refractivity contribution in [1.29, 1.82) is 10.8 Å². The van der Waals surface area contributed by atoms with Crippen LogP contribution < -0.4 is 10.8 Å². The van der Waals surface area contributed by atoms with Crippen molar-refractivity contribution in [3.63, 3.8) is 0 Å². The fourth-order valence-electron chi connectivity index (χ4n) is 4.29. The van der Waals surface area contributed by atoms with Crippen LogP contribution >= 0.6 is 23.5 Å². The quantitative estimate of drug-likeness (QED) is 0.102. The molecule has 242 valence electrons. The number of thioether (sulfide) groups is 2. The molecule has 0 aliphatic carbocycles. The van der Waals surface area contributed by atoms with Gasteiger partial charge in [-0.05, 0) is 60.7 Å². The van der Waals surface area contributed by atoms with E-state index in [-0.39, 0.29) is 65.5 Å². The third-order valence-corrected chi connectivity index (χ3v) is 8.30. The summed E-state index contributed by atoms with van der Waals surface area (Å²) in [5.74, 6) is 0. The van der Waals surface area contributed by atoms with E-state index >= 15 is 0 Å². The Morgan fingerprint density at radius 2 is 0.854 bits per heavy atom. The predicted octanol–water partition coefficient (Wildman–Crippen LogP) is 5.77. The first-order chi connectivity index (χ1) is 22.7.